The number of nitrogen functional groups attached to an aromatic ring is 1. The van der Waals surface area contributed by atoms with Crippen LogP contribution in [0, 0.1) is 15.5 Å². The molecule has 3 N–H and O–H groups in total. The maximum atomic E-state index is 11.1. The first-order valence-electron chi connectivity index (χ1n) is 7.50. The van der Waals surface area contributed by atoms with Crippen LogP contribution in [0.1, 0.15) is 38.7 Å². The number of nitrogens with zero attached hydrogens (tertiary/aromatic N) is 2. The summed E-state index contributed by atoms with van der Waals surface area (Å²) in [5.74, 6) is 5.31. The third kappa shape index (κ3) is 3.33. The average Bonchev–Trinajstić information content (AvgIpc) is 2.91. The lowest BCUT2D eigenvalue weighted by Gasteiger charge is -2.26. The summed E-state index contributed by atoms with van der Waals surface area (Å²) in [6.07, 6.45) is 3.59. The van der Waals surface area contributed by atoms with E-state index in [0.717, 1.165) is 25.2 Å². The van der Waals surface area contributed by atoms with Gasteiger partial charge in [0.2, 0.25) is 0 Å². The summed E-state index contributed by atoms with van der Waals surface area (Å²) in [7, 11) is 0. The molecule has 0 aromatic heterocycles. The molecule has 1 heterocycles. The third-order valence-electron chi connectivity index (χ3n) is 4.84. The smallest absolute Gasteiger partial charge is 0.293 e. The molecule has 6 nitrogen and oxygen atoms in total. The molecule has 116 valence electrons. The van der Waals surface area contributed by atoms with Crippen LogP contribution >= 0.6 is 0 Å². The van der Waals surface area contributed by atoms with E-state index in [-0.39, 0.29) is 5.69 Å². The molecule has 1 saturated heterocycles. The van der Waals surface area contributed by atoms with Gasteiger partial charge in [0.15, 0.2) is 0 Å². The number of hydrogen-bond acceptors (Lipinski definition) is 5. The fraction of sp³-hybridized carbons (Fsp3) is 0.600. The number of hydrogen-bond donors (Lipinski definition) is 2. The molecule has 0 unspecified atom stereocenters. The van der Waals surface area contributed by atoms with E-state index in [0.29, 0.717) is 11.1 Å². The van der Waals surface area contributed by atoms with Gasteiger partial charge in [-0.25, -0.2) is 0 Å². The molecule has 6 heteroatoms. The Balaban J connectivity index is 2.11. The quantitative estimate of drug-likeness (QED) is 0.478. The molecule has 1 aromatic carbocycles. The van der Waals surface area contributed by atoms with Crippen molar-refractivity contribution in [2.24, 2.45) is 11.3 Å². The van der Waals surface area contributed by atoms with Crippen LogP contribution in [0.3, 0.4) is 0 Å². The summed E-state index contributed by atoms with van der Waals surface area (Å²) in [6.45, 7) is 7.39. The molecule has 1 aliphatic heterocycles. The van der Waals surface area contributed by atoms with Gasteiger partial charge in [0, 0.05) is 19.2 Å². The molecular weight excluding hydrogens is 268 g/mol. The van der Waals surface area contributed by atoms with Crippen molar-refractivity contribution in [2.75, 3.05) is 18.5 Å². The largest absolute Gasteiger partial charge is 0.318 e. The Labute approximate surface area is 125 Å². The summed E-state index contributed by atoms with van der Waals surface area (Å²) < 4.78 is 0. The fourth-order valence-corrected chi connectivity index (χ4v) is 3.20. The molecule has 1 aromatic rings. The van der Waals surface area contributed by atoms with Crippen molar-refractivity contribution in [1.29, 1.82) is 0 Å². The molecule has 21 heavy (non-hydrogen) atoms. The lowest BCUT2D eigenvalue weighted by Crippen LogP contribution is -2.26. The van der Waals surface area contributed by atoms with Crippen molar-refractivity contribution in [3.8, 4) is 0 Å². The van der Waals surface area contributed by atoms with Gasteiger partial charge in [-0.2, -0.15) is 0 Å². The van der Waals surface area contributed by atoms with Crippen molar-refractivity contribution in [2.45, 2.75) is 39.7 Å². The molecule has 0 atom stereocenters. The summed E-state index contributed by atoms with van der Waals surface area (Å²) in [4.78, 5) is 13.1. The first kappa shape index (κ1) is 15.7. The Kier molecular flexibility index (Phi) is 4.80. The summed E-state index contributed by atoms with van der Waals surface area (Å²) in [6, 6.07) is 5.20. The van der Waals surface area contributed by atoms with E-state index in [1.54, 1.807) is 12.1 Å². The molecule has 2 rings (SSSR count). The zero-order valence-corrected chi connectivity index (χ0v) is 12.8. The predicted molar refractivity (Wildman–Crippen MR) is 83.8 cm³/mol. The van der Waals surface area contributed by atoms with Crippen LogP contribution in [0.2, 0.25) is 0 Å². The third-order valence-corrected chi connectivity index (χ3v) is 4.84. The second-order valence-corrected chi connectivity index (χ2v) is 5.92. The first-order valence-corrected chi connectivity index (χ1v) is 7.50. The second kappa shape index (κ2) is 6.41. The molecule has 0 aliphatic carbocycles. The van der Waals surface area contributed by atoms with Crippen LogP contribution in [-0.4, -0.2) is 22.9 Å². The number of benzene rings is 1. The number of likely N-dealkylation sites (tertiary alicyclic amines) is 1. The van der Waals surface area contributed by atoms with E-state index in [1.807, 2.05) is 6.07 Å². The molecule has 0 amide bonds. The molecule has 1 fully saturated rings. The molecule has 0 bridgehead atoms. The van der Waals surface area contributed by atoms with Gasteiger partial charge in [0.1, 0.15) is 5.69 Å². The Bertz CT molecular complexity index is 514. The van der Waals surface area contributed by atoms with Gasteiger partial charge >= 0.3 is 0 Å². The highest BCUT2D eigenvalue weighted by Gasteiger charge is 2.34. The number of rotatable bonds is 6. The van der Waals surface area contributed by atoms with Gasteiger partial charge in [0.25, 0.3) is 5.69 Å². The zero-order chi connectivity index (χ0) is 15.5. The zero-order valence-electron chi connectivity index (χ0n) is 12.8. The Morgan fingerprint density at radius 2 is 2.14 bits per heavy atom. The lowest BCUT2D eigenvalue weighted by molar-refractivity contribution is -0.384. The minimum Gasteiger partial charge on any atom is -0.318 e. The molecule has 1 aliphatic rings. The number of nitro groups is 1. The molecule has 0 saturated carbocycles. The van der Waals surface area contributed by atoms with Crippen LogP contribution in [-0.2, 0) is 6.54 Å². The van der Waals surface area contributed by atoms with Crippen LogP contribution in [0.4, 0.5) is 11.4 Å². The van der Waals surface area contributed by atoms with E-state index in [2.05, 4.69) is 24.2 Å². The predicted octanol–water partition coefficient (Wildman–Crippen LogP) is 2.89. The van der Waals surface area contributed by atoms with E-state index in [4.69, 9.17) is 5.84 Å². The average molecular weight is 292 g/mol. The fourth-order valence-electron chi connectivity index (χ4n) is 3.20. The van der Waals surface area contributed by atoms with Crippen molar-refractivity contribution < 1.29 is 4.92 Å². The van der Waals surface area contributed by atoms with Gasteiger partial charge in [-0.15, -0.1) is 0 Å². The van der Waals surface area contributed by atoms with E-state index >= 15 is 0 Å². The standard InChI is InChI=1S/C15H24N4O2/c1-3-15(4-2)7-8-18(11-15)10-12-5-6-13(17-16)14(9-12)19(20)21/h5-6,9,17H,3-4,7-8,10-11,16H2,1-2H3. The Hall–Kier alpha value is -1.66. The van der Waals surface area contributed by atoms with Crippen LogP contribution in [0.5, 0.6) is 0 Å². The number of nitro benzene ring substituents is 1. The van der Waals surface area contributed by atoms with Crippen LogP contribution in [0.25, 0.3) is 0 Å². The SMILES string of the molecule is CCC1(CC)CCN(Cc2ccc(NN)c([N+](=O)[O-])c2)C1. The maximum absolute atomic E-state index is 11.1. The van der Waals surface area contributed by atoms with Crippen molar-refractivity contribution in [3.05, 3.63) is 33.9 Å². The summed E-state index contributed by atoms with van der Waals surface area (Å²) in [5.41, 5.74) is 4.14. The van der Waals surface area contributed by atoms with Crippen molar-refractivity contribution >= 4 is 11.4 Å². The second-order valence-electron chi connectivity index (χ2n) is 5.92. The van der Waals surface area contributed by atoms with E-state index in [1.165, 1.54) is 19.3 Å². The number of nitrogens with two attached hydrogens (primary N) is 1. The summed E-state index contributed by atoms with van der Waals surface area (Å²) in [5, 5.41) is 11.1. The van der Waals surface area contributed by atoms with E-state index < -0.39 is 4.92 Å². The van der Waals surface area contributed by atoms with E-state index in [9.17, 15) is 10.1 Å². The highest BCUT2D eigenvalue weighted by atomic mass is 16.6. The Morgan fingerprint density at radius 3 is 2.67 bits per heavy atom. The first-order chi connectivity index (χ1) is 10.0. The maximum Gasteiger partial charge on any atom is 0.293 e. The van der Waals surface area contributed by atoms with Gasteiger partial charge in [-0.05, 0) is 42.9 Å². The normalized spacial score (nSPS) is 17.9. The highest BCUT2D eigenvalue weighted by molar-refractivity contribution is 5.61. The number of hydrazine groups is 1. The minimum atomic E-state index is -0.398. The van der Waals surface area contributed by atoms with Crippen molar-refractivity contribution in [1.82, 2.24) is 4.90 Å². The highest BCUT2D eigenvalue weighted by Crippen LogP contribution is 2.37. The van der Waals surface area contributed by atoms with Crippen LogP contribution in [0.15, 0.2) is 18.2 Å². The molecule has 0 spiro atoms. The van der Waals surface area contributed by atoms with Gasteiger partial charge in [-0.1, -0.05) is 19.9 Å². The molecular formula is C15H24N4O2. The van der Waals surface area contributed by atoms with Crippen LogP contribution < -0.4 is 11.3 Å². The monoisotopic (exact) mass is 292 g/mol. The lowest BCUT2D eigenvalue weighted by atomic mass is 9.82. The topological polar surface area (TPSA) is 84.4 Å². The Morgan fingerprint density at radius 1 is 1.43 bits per heavy atom. The van der Waals surface area contributed by atoms with Gasteiger partial charge in [0.05, 0.1) is 4.92 Å². The number of anilines is 1. The minimum absolute atomic E-state index is 0.0337. The van der Waals surface area contributed by atoms with Gasteiger partial charge < -0.3 is 5.43 Å². The van der Waals surface area contributed by atoms with Crippen molar-refractivity contribution in [3.63, 3.8) is 0 Å². The molecule has 0 radical (unpaired) electrons. The summed E-state index contributed by atoms with van der Waals surface area (Å²) >= 11 is 0. The van der Waals surface area contributed by atoms with Gasteiger partial charge in [-0.3, -0.25) is 20.9 Å². The number of nitrogens with one attached hydrogen (secondary N) is 1.